The zero-order chi connectivity index (χ0) is 14.0. The van der Waals surface area contributed by atoms with Crippen LogP contribution in [-0.2, 0) is 0 Å². The van der Waals surface area contributed by atoms with Gasteiger partial charge in [0, 0.05) is 5.56 Å². The molecule has 102 valence electrons. The van der Waals surface area contributed by atoms with Crippen molar-refractivity contribution in [3.8, 4) is 11.5 Å². The van der Waals surface area contributed by atoms with Gasteiger partial charge in [0.1, 0.15) is 17.6 Å². The molecule has 0 spiro atoms. The molecule has 1 aromatic carbocycles. The van der Waals surface area contributed by atoms with E-state index in [4.69, 9.17) is 21.1 Å². The Morgan fingerprint density at radius 1 is 1.26 bits per heavy atom. The van der Waals surface area contributed by atoms with Crippen LogP contribution in [0.15, 0.2) is 28.1 Å². The molecule has 6 heteroatoms. The first kappa shape index (κ1) is 14.7. The van der Waals surface area contributed by atoms with E-state index < -0.39 is 6.10 Å². The molecule has 0 radical (unpaired) electrons. The molecule has 3 nitrogen and oxygen atoms in total. The quantitative estimate of drug-likeness (QED) is 0.882. The number of methoxy groups -OCH3 is 2. The smallest absolute Gasteiger partial charge is 0.133 e. The molecule has 2 aromatic rings. The van der Waals surface area contributed by atoms with E-state index in [0.29, 0.717) is 27.0 Å². The van der Waals surface area contributed by atoms with Crippen LogP contribution in [-0.4, -0.2) is 19.3 Å². The second-order valence-corrected chi connectivity index (χ2v) is 5.97. The van der Waals surface area contributed by atoms with Crippen molar-refractivity contribution < 1.29 is 14.6 Å². The number of hydrogen-bond acceptors (Lipinski definition) is 4. The minimum atomic E-state index is -0.843. The minimum absolute atomic E-state index is 0.543. The number of rotatable bonds is 4. The maximum absolute atomic E-state index is 10.5. The standard InChI is InChI=1S/C13H12BrClO3S/c1-17-10-6-8(14)11(18-2)5-7(10)12(16)13-9(15)3-4-19-13/h3-6,12,16H,1-2H3. The van der Waals surface area contributed by atoms with Gasteiger partial charge in [0.2, 0.25) is 0 Å². The summed E-state index contributed by atoms with van der Waals surface area (Å²) in [4.78, 5) is 0.685. The molecule has 0 saturated carbocycles. The van der Waals surface area contributed by atoms with E-state index in [1.165, 1.54) is 11.3 Å². The fourth-order valence-corrected chi connectivity index (χ4v) is 3.39. The van der Waals surface area contributed by atoms with Crippen LogP contribution in [0, 0.1) is 0 Å². The van der Waals surface area contributed by atoms with Crippen LogP contribution in [0.1, 0.15) is 16.5 Å². The first-order chi connectivity index (χ1) is 9.08. The third-order valence-corrected chi connectivity index (χ3v) is 4.72. The van der Waals surface area contributed by atoms with Crippen molar-refractivity contribution in [2.45, 2.75) is 6.10 Å². The summed E-state index contributed by atoms with van der Waals surface area (Å²) in [6, 6.07) is 5.26. The third kappa shape index (κ3) is 2.89. The second-order valence-electron chi connectivity index (χ2n) is 3.76. The maximum atomic E-state index is 10.5. The lowest BCUT2D eigenvalue weighted by Gasteiger charge is -2.16. The van der Waals surface area contributed by atoms with E-state index in [1.807, 2.05) is 5.38 Å². The normalized spacial score (nSPS) is 12.3. The van der Waals surface area contributed by atoms with Crippen LogP contribution in [0.5, 0.6) is 11.5 Å². The number of benzene rings is 1. The molecule has 1 unspecified atom stereocenters. The van der Waals surface area contributed by atoms with Gasteiger partial charge in [-0.25, -0.2) is 0 Å². The third-order valence-electron chi connectivity index (χ3n) is 2.69. The maximum Gasteiger partial charge on any atom is 0.133 e. The number of aliphatic hydroxyl groups is 1. The van der Waals surface area contributed by atoms with Crippen molar-refractivity contribution in [3.05, 3.63) is 43.5 Å². The average Bonchev–Trinajstić information content (AvgIpc) is 2.83. The molecule has 1 aromatic heterocycles. The van der Waals surface area contributed by atoms with E-state index in [1.54, 1.807) is 32.4 Å². The predicted molar refractivity (Wildman–Crippen MR) is 80.6 cm³/mol. The van der Waals surface area contributed by atoms with Gasteiger partial charge in [-0.1, -0.05) is 11.6 Å². The number of aliphatic hydroxyl groups excluding tert-OH is 1. The molecular weight excluding hydrogens is 352 g/mol. The Morgan fingerprint density at radius 2 is 1.95 bits per heavy atom. The molecule has 0 fully saturated rings. The lowest BCUT2D eigenvalue weighted by molar-refractivity contribution is 0.218. The fourth-order valence-electron chi connectivity index (χ4n) is 1.74. The monoisotopic (exact) mass is 362 g/mol. The zero-order valence-corrected chi connectivity index (χ0v) is 13.5. The Labute approximate surface area is 128 Å². The number of halogens is 2. The summed E-state index contributed by atoms with van der Waals surface area (Å²) in [5.41, 5.74) is 0.618. The Bertz CT molecular complexity index is 585. The lowest BCUT2D eigenvalue weighted by Crippen LogP contribution is -2.02. The van der Waals surface area contributed by atoms with Crippen LogP contribution in [0.2, 0.25) is 5.02 Å². The minimum Gasteiger partial charge on any atom is -0.496 e. The van der Waals surface area contributed by atoms with Crippen LogP contribution in [0.3, 0.4) is 0 Å². The predicted octanol–water partition coefficient (Wildman–Crippen LogP) is 4.26. The lowest BCUT2D eigenvalue weighted by atomic mass is 10.1. The number of thiophene rings is 1. The van der Waals surface area contributed by atoms with Gasteiger partial charge in [0.05, 0.1) is 28.6 Å². The van der Waals surface area contributed by atoms with Gasteiger partial charge in [0.25, 0.3) is 0 Å². The Hall–Kier alpha value is -0.750. The first-order valence-electron chi connectivity index (χ1n) is 5.40. The SMILES string of the molecule is COc1cc(C(O)c2sccc2Cl)c(OC)cc1Br. The molecule has 19 heavy (non-hydrogen) atoms. The topological polar surface area (TPSA) is 38.7 Å². The second kappa shape index (κ2) is 6.13. The zero-order valence-electron chi connectivity index (χ0n) is 10.3. The molecule has 1 atom stereocenters. The van der Waals surface area contributed by atoms with Crippen LogP contribution < -0.4 is 9.47 Å². The molecule has 2 rings (SSSR count). The highest BCUT2D eigenvalue weighted by atomic mass is 79.9. The Kier molecular flexibility index (Phi) is 4.73. The molecule has 0 aliphatic rings. The molecule has 0 saturated heterocycles. The molecular formula is C13H12BrClO3S. The molecule has 1 heterocycles. The summed E-state index contributed by atoms with van der Waals surface area (Å²) in [7, 11) is 3.13. The summed E-state index contributed by atoms with van der Waals surface area (Å²) in [6.07, 6.45) is -0.843. The molecule has 0 aliphatic heterocycles. The Balaban J connectivity index is 2.51. The van der Waals surface area contributed by atoms with Gasteiger partial charge in [-0.05, 0) is 39.5 Å². The summed E-state index contributed by atoms with van der Waals surface area (Å²) in [6.45, 7) is 0. The summed E-state index contributed by atoms with van der Waals surface area (Å²) in [5, 5.41) is 12.8. The summed E-state index contributed by atoms with van der Waals surface area (Å²) in [5.74, 6) is 1.20. The first-order valence-corrected chi connectivity index (χ1v) is 7.46. The van der Waals surface area contributed by atoms with Gasteiger partial charge < -0.3 is 14.6 Å². The van der Waals surface area contributed by atoms with E-state index in [2.05, 4.69) is 15.9 Å². The van der Waals surface area contributed by atoms with Crippen molar-refractivity contribution in [2.75, 3.05) is 14.2 Å². The van der Waals surface area contributed by atoms with Gasteiger partial charge in [0.15, 0.2) is 0 Å². The largest absolute Gasteiger partial charge is 0.496 e. The van der Waals surface area contributed by atoms with Crippen LogP contribution in [0.4, 0.5) is 0 Å². The van der Waals surface area contributed by atoms with Crippen molar-refractivity contribution >= 4 is 38.9 Å². The number of ether oxygens (including phenoxy) is 2. The highest BCUT2D eigenvalue weighted by molar-refractivity contribution is 9.10. The van der Waals surface area contributed by atoms with Gasteiger partial charge in [-0.3, -0.25) is 0 Å². The van der Waals surface area contributed by atoms with Crippen molar-refractivity contribution in [1.82, 2.24) is 0 Å². The van der Waals surface area contributed by atoms with Crippen LogP contribution >= 0.6 is 38.9 Å². The summed E-state index contributed by atoms with van der Waals surface area (Å²) < 4.78 is 11.3. The molecule has 1 N–H and O–H groups in total. The van der Waals surface area contributed by atoms with E-state index in [-0.39, 0.29) is 0 Å². The van der Waals surface area contributed by atoms with Crippen molar-refractivity contribution in [2.24, 2.45) is 0 Å². The van der Waals surface area contributed by atoms with E-state index in [9.17, 15) is 5.11 Å². The van der Waals surface area contributed by atoms with Crippen LogP contribution in [0.25, 0.3) is 0 Å². The highest BCUT2D eigenvalue weighted by Crippen LogP contribution is 2.40. The van der Waals surface area contributed by atoms with Gasteiger partial charge in [-0.2, -0.15) is 0 Å². The fraction of sp³-hybridized carbons (Fsp3) is 0.231. The number of hydrogen-bond donors (Lipinski definition) is 1. The molecule has 0 amide bonds. The highest BCUT2D eigenvalue weighted by Gasteiger charge is 2.21. The Morgan fingerprint density at radius 3 is 2.47 bits per heavy atom. The van der Waals surface area contributed by atoms with Gasteiger partial charge >= 0.3 is 0 Å². The summed E-state index contributed by atoms with van der Waals surface area (Å²) >= 11 is 10.8. The van der Waals surface area contributed by atoms with Crippen molar-refractivity contribution in [1.29, 1.82) is 0 Å². The molecule has 0 bridgehead atoms. The van der Waals surface area contributed by atoms with Gasteiger partial charge in [-0.15, -0.1) is 11.3 Å². The average molecular weight is 364 g/mol. The van der Waals surface area contributed by atoms with E-state index >= 15 is 0 Å². The van der Waals surface area contributed by atoms with E-state index in [0.717, 1.165) is 4.47 Å². The molecule has 0 aliphatic carbocycles. The van der Waals surface area contributed by atoms with Crippen molar-refractivity contribution in [3.63, 3.8) is 0 Å².